The van der Waals surface area contributed by atoms with E-state index in [1.165, 1.54) is 4.90 Å². The number of nitrogens with zero attached hydrogens (tertiary/aromatic N) is 1. The van der Waals surface area contributed by atoms with E-state index in [2.05, 4.69) is 0 Å². The van der Waals surface area contributed by atoms with Gasteiger partial charge in [-0.3, -0.25) is 0 Å². The number of halogens is 2. The number of hydrogen-bond acceptors (Lipinski definition) is 3. The largest absolute Gasteiger partial charge is 0.396 e. The van der Waals surface area contributed by atoms with Crippen molar-refractivity contribution < 1.29 is 13.9 Å². The van der Waals surface area contributed by atoms with E-state index in [1.54, 1.807) is 7.05 Å². The normalized spacial score (nSPS) is 10.5. The summed E-state index contributed by atoms with van der Waals surface area (Å²) in [6.07, 6.45) is 2.27. The van der Waals surface area contributed by atoms with Crippen LogP contribution in [0.2, 0.25) is 0 Å². The highest BCUT2D eigenvalue weighted by molar-refractivity contribution is 7.80. The SMILES string of the molecule is CN(CCCCCO)c1c(F)cc(C(N)=S)cc1F. The summed E-state index contributed by atoms with van der Waals surface area (Å²) in [5, 5.41) is 8.66. The van der Waals surface area contributed by atoms with Crippen LogP contribution >= 0.6 is 12.2 Å². The van der Waals surface area contributed by atoms with Crippen molar-refractivity contribution in [2.45, 2.75) is 19.3 Å². The van der Waals surface area contributed by atoms with Gasteiger partial charge in [-0.25, -0.2) is 8.78 Å². The lowest BCUT2D eigenvalue weighted by Crippen LogP contribution is -2.22. The predicted octanol–water partition coefficient (Wildman–Crippen LogP) is 2.20. The van der Waals surface area contributed by atoms with Gasteiger partial charge in [0.2, 0.25) is 0 Å². The molecule has 0 unspecified atom stereocenters. The highest BCUT2D eigenvalue weighted by atomic mass is 32.1. The molecule has 0 aliphatic heterocycles. The van der Waals surface area contributed by atoms with Gasteiger partial charge in [0, 0.05) is 25.8 Å². The number of aliphatic hydroxyl groups is 1. The molecule has 0 amide bonds. The van der Waals surface area contributed by atoms with Crippen molar-refractivity contribution in [3.8, 4) is 0 Å². The molecule has 0 saturated heterocycles. The van der Waals surface area contributed by atoms with Gasteiger partial charge in [-0.1, -0.05) is 12.2 Å². The smallest absolute Gasteiger partial charge is 0.150 e. The minimum atomic E-state index is -0.674. The zero-order chi connectivity index (χ0) is 14.4. The highest BCUT2D eigenvalue weighted by Gasteiger charge is 2.15. The minimum Gasteiger partial charge on any atom is -0.396 e. The van der Waals surface area contributed by atoms with Crippen molar-refractivity contribution in [1.29, 1.82) is 0 Å². The number of anilines is 1. The fourth-order valence-electron chi connectivity index (χ4n) is 1.82. The highest BCUT2D eigenvalue weighted by Crippen LogP contribution is 2.24. The van der Waals surface area contributed by atoms with Crippen molar-refractivity contribution in [3.05, 3.63) is 29.3 Å². The number of hydrogen-bond donors (Lipinski definition) is 2. The Morgan fingerprint density at radius 3 is 2.32 bits per heavy atom. The number of nitrogens with two attached hydrogens (primary N) is 1. The third kappa shape index (κ3) is 4.40. The van der Waals surface area contributed by atoms with Gasteiger partial charge in [0.05, 0.1) is 0 Å². The summed E-state index contributed by atoms with van der Waals surface area (Å²) < 4.78 is 27.7. The maximum atomic E-state index is 13.9. The molecule has 3 N–H and O–H groups in total. The molecule has 0 aliphatic rings. The van der Waals surface area contributed by atoms with Crippen molar-refractivity contribution in [2.75, 3.05) is 25.1 Å². The van der Waals surface area contributed by atoms with Crippen molar-refractivity contribution in [1.82, 2.24) is 0 Å². The Hall–Kier alpha value is -1.27. The summed E-state index contributed by atoms with van der Waals surface area (Å²) >= 11 is 4.70. The van der Waals surface area contributed by atoms with Crippen molar-refractivity contribution in [3.63, 3.8) is 0 Å². The van der Waals surface area contributed by atoms with Crippen LogP contribution in [0.3, 0.4) is 0 Å². The van der Waals surface area contributed by atoms with Crippen LogP contribution in [0, 0.1) is 11.6 Å². The van der Waals surface area contributed by atoms with E-state index in [0.717, 1.165) is 25.0 Å². The fourth-order valence-corrected chi connectivity index (χ4v) is 1.94. The van der Waals surface area contributed by atoms with Crippen LogP contribution in [0.25, 0.3) is 0 Å². The van der Waals surface area contributed by atoms with Crippen LogP contribution in [0.15, 0.2) is 12.1 Å². The van der Waals surface area contributed by atoms with Crippen LogP contribution in [-0.2, 0) is 0 Å². The van der Waals surface area contributed by atoms with Crippen LogP contribution in [0.4, 0.5) is 14.5 Å². The molecular weight excluding hydrogens is 270 g/mol. The number of unbranched alkanes of at least 4 members (excludes halogenated alkanes) is 2. The zero-order valence-corrected chi connectivity index (χ0v) is 11.6. The Kier molecular flexibility index (Phi) is 6.11. The maximum absolute atomic E-state index is 13.9. The number of benzene rings is 1. The lowest BCUT2D eigenvalue weighted by molar-refractivity contribution is 0.283. The average Bonchev–Trinajstić information content (AvgIpc) is 2.33. The van der Waals surface area contributed by atoms with E-state index in [0.29, 0.717) is 13.0 Å². The molecule has 0 radical (unpaired) electrons. The van der Waals surface area contributed by atoms with Crippen LogP contribution in [-0.4, -0.2) is 30.3 Å². The molecule has 6 heteroatoms. The van der Waals surface area contributed by atoms with Crippen molar-refractivity contribution >= 4 is 22.9 Å². The van der Waals surface area contributed by atoms with Gasteiger partial charge in [-0.05, 0) is 31.4 Å². The summed E-state index contributed by atoms with van der Waals surface area (Å²) in [5.41, 5.74) is 5.46. The van der Waals surface area contributed by atoms with Crippen LogP contribution < -0.4 is 10.6 Å². The summed E-state index contributed by atoms with van der Waals surface area (Å²) in [5.74, 6) is -1.35. The lowest BCUT2D eigenvalue weighted by atomic mass is 10.1. The van der Waals surface area contributed by atoms with Crippen LogP contribution in [0.5, 0.6) is 0 Å². The molecule has 0 bridgehead atoms. The zero-order valence-electron chi connectivity index (χ0n) is 10.8. The Bertz CT molecular complexity index is 431. The summed E-state index contributed by atoms with van der Waals surface area (Å²) in [6.45, 7) is 0.648. The van der Waals surface area contributed by atoms with Gasteiger partial charge in [0.15, 0.2) is 0 Å². The molecule has 1 aromatic carbocycles. The molecule has 19 heavy (non-hydrogen) atoms. The second-order valence-corrected chi connectivity index (χ2v) is 4.80. The Labute approximate surface area is 117 Å². The second-order valence-electron chi connectivity index (χ2n) is 4.36. The first-order valence-electron chi connectivity index (χ1n) is 6.08. The monoisotopic (exact) mass is 288 g/mol. The quantitative estimate of drug-likeness (QED) is 0.596. The molecule has 1 aromatic rings. The first-order valence-corrected chi connectivity index (χ1v) is 6.49. The Morgan fingerprint density at radius 2 is 1.84 bits per heavy atom. The first kappa shape index (κ1) is 15.8. The van der Waals surface area contributed by atoms with Gasteiger partial charge in [-0.2, -0.15) is 0 Å². The van der Waals surface area contributed by atoms with Gasteiger partial charge in [0.1, 0.15) is 22.3 Å². The first-order chi connectivity index (χ1) is 8.97. The van der Waals surface area contributed by atoms with E-state index in [9.17, 15) is 8.78 Å². The van der Waals surface area contributed by atoms with E-state index in [1.807, 2.05) is 0 Å². The molecule has 1 rings (SSSR count). The molecule has 0 fully saturated rings. The van der Waals surface area contributed by atoms with Crippen LogP contribution in [0.1, 0.15) is 24.8 Å². The van der Waals surface area contributed by atoms with E-state index in [4.69, 9.17) is 23.1 Å². The lowest BCUT2D eigenvalue weighted by Gasteiger charge is -2.21. The fraction of sp³-hybridized carbons (Fsp3) is 0.462. The summed E-state index contributed by atoms with van der Waals surface area (Å²) in [6, 6.07) is 2.29. The summed E-state index contributed by atoms with van der Waals surface area (Å²) in [7, 11) is 1.63. The minimum absolute atomic E-state index is 0.0325. The predicted molar refractivity (Wildman–Crippen MR) is 76.5 cm³/mol. The average molecular weight is 288 g/mol. The summed E-state index contributed by atoms with van der Waals surface area (Å²) in [4.78, 5) is 1.49. The van der Waals surface area contributed by atoms with Gasteiger partial charge >= 0.3 is 0 Å². The topological polar surface area (TPSA) is 49.5 Å². The van der Waals surface area contributed by atoms with Crippen molar-refractivity contribution in [2.24, 2.45) is 5.73 Å². The number of thiocarbonyl (C=S) groups is 1. The molecule has 0 aromatic heterocycles. The molecular formula is C13H18F2N2OS. The molecule has 0 aliphatic carbocycles. The standard InChI is InChI=1S/C13H18F2N2OS/c1-17(5-3-2-4-6-18)12-10(14)7-9(13(16)19)8-11(12)15/h7-8,18H,2-6H2,1H3,(H2,16,19). The number of rotatable bonds is 7. The Morgan fingerprint density at radius 1 is 1.26 bits per heavy atom. The number of aliphatic hydroxyl groups excluding tert-OH is 1. The third-order valence-electron chi connectivity index (χ3n) is 2.83. The Balaban J connectivity index is 2.79. The second kappa shape index (κ2) is 7.35. The van der Waals surface area contributed by atoms with E-state index >= 15 is 0 Å². The molecule has 0 spiro atoms. The molecule has 0 atom stereocenters. The molecule has 0 saturated carbocycles. The third-order valence-corrected chi connectivity index (χ3v) is 3.07. The van der Waals surface area contributed by atoms with Gasteiger partial charge < -0.3 is 15.7 Å². The van der Waals surface area contributed by atoms with E-state index < -0.39 is 11.6 Å². The molecule has 0 heterocycles. The van der Waals surface area contributed by atoms with Gasteiger partial charge in [0.25, 0.3) is 0 Å². The van der Waals surface area contributed by atoms with Gasteiger partial charge in [-0.15, -0.1) is 0 Å². The maximum Gasteiger partial charge on any atom is 0.150 e. The van der Waals surface area contributed by atoms with E-state index in [-0.39, 0.29) is 22.8 Å². The molecule has 106 valence electrons. The molecule has 3 nitrogen and oxygen atoms in total.